The van der Waals surface area contributed by atoms with Crippen molar-refractivity contribution >= 4 is 29.3 Å². The van der Waals surface area contributed by atoms with Gasteiger partial charge < -0.3 is 10.4 Å². The van der Waals surface area contributed by atoms with Crippen LogP contribution in [0, 0.1) is 10.1 Å². The number of hydrogen-bond donors (Lipinski definition) is 2. The Labute approximate surface area is 113 Å². The zero-order chi connectivity index (χ0) is 14.6. The van der Waals surface area contributed by atoms with Crippen LogP contribution in [0.15, 0.2) is 23.1 Å². The minimum Gasteiger partial charge on any atom is -0.480 e. The van der Waals surface area contributed by atoms with Gasteiger partial charge in [0.2, 0.25) is 0 Å². The predicted octanol–water partition coefficient (Wildman–Crippen LogP) is 1.52. The SMILES string of the molecule is CSc1ccc(C(=O)N[C@@H](C)C(=O)O)cc1[N+](=O)[O-]. The van der Waals surface area contributed by atoms with E-state index in [0.717, 1.165) is 6.07 Å². The van der Waals surface area contributed by atoms with E-state index in [1.165, 1.54) is 30.8 Å². The number of carboxylic acid groups (broad SMARTS) is 1. The van der Waals surface area contributed by atoms with E-state index in [1.54, 1.807) is 6.26 Å². The molecule has 0 saturated heterocycles. The molecule has 8 heteroatoms. The molecule has 0 bridgehead atoms. The van der Waals surface area contributed by atoms with Crippen molar-refractivity contribution in [3.05, 3.63) is 33.9 Å². The van der Waals surface area contributed by atoms with Crippen molar-refractivity contribution in [3.63, 3.8) is 0 Å². The Bertz CT molecular complexity index is 532. The number of thioether (sulfide) groups is 1. The molecule has 0 aliphatic heterocycles. The summed E-state index contributed by atoms with van der Waals surface area (Å²) in [7, 11) is 0. The highest BCUT2D eigenvalue weighted by atomic mass is 32.2. The third-order valence-corrected chi connectivity index (χ3v) is 3.14. The number of rotatable bonds is 5. The van der Waals surface area contributed by atoms with E-state index in [4.69, 9.17) is 5.11 Å². The summed E-state index contributed by atoms with van der Waals surface area (Å²) in [6.45, 7) is 1.31. The zero-order valence-electron chi connectivity index (χ0n) is 10.2. The lowest BCUT2D eigenvalue weighted by Crippen LogP contribution is -2.38. The smallest absolute Gasteiger partial charge is 0.325 e. The Morgan fingerprint density at radius 2 is 2.11 bits per heavy atom. The first-order valence-corrected chi connectivity index (χ1v) is 6.45. The molecule has 0 heterocycles. The minimum absolute atomic E-state index is 0.0533. The van der Waals surface area contributed by atoms with Crippen LogP contribution < -0.4 is 5.32 Å². The first-order chi connectivity index (χ1) is 8.86. The van der Waals surface area contributed by atoms with Crippen molar-refractivity contribution in [1.29, 1.82) is 0 Å². The third kappa shape index (κ3) is 3.68. The maximum absolute atomic E-state index is 11.7. The second-order valence-electron chi connectivity index (χ2n) is 3.68. The highest BCUT2D eigenvalue weighted by Gasteiger charge is 2.19. The van der Waals surface area contributed by atoms with Crippen LogP contribution in [0.2, 0.25) is 0 Å². The van der Waals surface area contributed by atoms with Crippen molar-refractivity contribution in [2.24, 2.45) is 0 Å². The van der Waals surface area contributed by atoms with Gasteiger partial charge in [-0.05, 0) is 25.3 Å². The van der Waals surface area contributed by atoms with Gasteiger partial charge in [-0.3, -0.25) is 19.7 Å². The summed E-state index contributed by atoms with van der Waals surface area (Å²) in [5.74, 6) is -1.84. The number of nitro groups is 1. The Morgan fingerprint density at radius 3 is 2.58 bits per heavy atom. The molecule has 102 valence electrons. The van der Waals surface area contributed by atoms with Gasteiger partial charge in [0, 0.05) is 11.6 Å². The summed E-state index contributed by atoms with van der Waals surface area (Å²) in [6, 6.07) is 2.95. The van der Waals surface area contributed by atoms with Crippen LogP contribution in [0.3, 0.4) is 0 Å². The molecule has 1 aromatic carbocycles. The molecule has 2 N–H and O–H groups in total. The number of benzene rings is 1. The molecule has 7 nitrogen and oxygen atoms in total. The predicted molar refractivity (Wildman–Crippen MR) is 69.4 cm³/mol. The lowest BCUT2D eigenvalue weighted by atomic mass is 10.1. The average molecular weight is 284 g/mol. The van der Waals surface area contributed by atoms with Gasteiger partial charge in [0.15, 0.2) is 0 Å². The van der Waals surface area contributed by atoms with Crippen molar-refractivity contribution < 1.29 is 19.6 Å². The maximum atomic E-state index is 11.7. The Morgan fingerprint density at radius 1 is 1.47 bits per heavy atom. The van der Waals surface area contributed by atoms with Crippen LogP contribution in [0.4, 0.5) is 5.69 Å². The number of carboxylic acids is 1. The second-order valence-corrected chi connectivity index (χ2v) is 4.53. The molecule has 1 aromatic rings. The number of nitro benzene ring substituents is 1. The van der Waals surface area contributed by atoms with Gasteiger partial charge in [0.1, 0.15) is 6.04 Å². The molecule has 0 aliphatic rings. The van der Waals surface area contributed by atoms with E-state index in [9.17, 15) is 19.7 Å². The van der Waals surface area contributed by atoms with Gasteiger partial charge >= 0.3 is 5.97 Å². The Hall–Kier alpha value is -2.09. The Balaban J connectivity index is 3.02. The summed E-state index contributed by atoms with van der Waals surface area (Å²) in [4.78, 5) is 33.1. The number of nitrogens with zero attached hydrogens (tertiary/aromatic N) is 1. The summed E-state index contributed by atoms with van der Waals surface area (Å²) in [6.07, 6.45) is 1.69. The maximum Gasteiger partial charge on any atom is 0.325 e. The molecule has 0 aliphatic carbocycles. The zero-order valence-corrected chi connectivity index (χ0v) is 11.1. The van der Waals surface area contributed by atoms with Gasteiger partial charge in [0.05, 0.1) is 9.82 Å². The van der Waals surface area contributed by atoms with E-state index in [-0.39, 0.29) is 11.3 Å². The molecule has 1 atom stereocenters. The third-order valence-electron chi connectivity index (χ3n) is 2.36. The van der Waals surface area contributed by atoms with E-state index in [2.05, 4.69) is 5.32 Å². The molecule has 0 aromatic heterocycles. The molecular weight excluding hydrogens is 272 g/mol. The van der Waals surface area contributed by atoms with Crippen LogP contribution in [0.5, 0.6) is 0 Å². The molecule has 19 heavy (non-hydrogen) atoms. The summed E-state index contributed by atoms with van der Waals surface area (Å²) >= 11 is 1.20. The van der Waals surface area contributed by atoms with Gasteiger partial charge in [0.25, 0.3) is 11.6 Å². The summed E-state index contributed by atoms with van der Waals surface area (Å²) < 4.78 is 0. The second kappa shape index (κ2) is 6.19. The standard InChI is InChI=1S/C11H12N2O5S/c1-6(11(15)16)12-10(14)7-3-4-9(19-2)8(5-7)13(17)18/h3-6H,1-2H3,(H,12,14)(H,15,16)/t6-/m0/s1. The van der Waals surface area contributed by atoms with Crippen LogP contribution in [-0.4, -0.2) is 34.2 Å². The largest absolute Gasteiger partial charge is 0.480 e. The van der Waals surface area contributed by atoms with Crippen molar-refractivity contribution in [2.45, 2.75) is 17.9 Å². The lowest BCUT2D eigenvalue weighted by Gasteiger charge is -2.09. The number of carbonyl (C=O) groups is 2. The van der Waals surface area contributed by atoms with Crippen molar-refractivity contribution in [3.8, 4) is 0 Å². The normalized spacial score (nSPS) is 11.7. The number of carbonyl (C=O) groups excluding carboxylic acids is 1. The fraction of sp³-hybridized carbons (Fsp3) is 0.273. The molecule has 0 spiro atoms. The monoisotopic (exact) mass is 284 g/mol. The van der Waals surface area contributed by atoms with Crippen LogP contribution in [0.1, 0.15) is 17.3 Å². The van der Waals surface area contributed by atoms with E-state index in [0.29, 0.717) is 4.90 Å². The first kappa shape index (κ1) is 15.0. The van der Waals surface area contributed by atoms with Crippen LogP contribution in [-0.2, 0) is 4.79 Å². The van der Waals surface area contributed by atoms with Crippen LogP contribution in [0.25, 0.3) is 0 Å². The highest BCUT2D eigenvalue weighted by molar-refractivity contribution is 7.98. The minimum atomic E-state index is -1.18. The van der Waals surface area contributed by atoms with Gasteiger partial charge in [-0.1, -0.05) is 0 Å². The molecular formula is C11H12N2O5S. The van der Waals surface area contributed by atoms with E-state index in [1.807, 2.05) is 0 Å². The van der Waals surface area contributed by atoms with Crippen LogP contribution >= 0.6 is 11.8 Å². The molecule has 1 rings (SSSR count). The summed E-state index contributed by atoms with van der Waals surface area (Å²) in [5.41, 5.74) is -0.124. The number of hydrogen-bond acceptors (Lipinski definition) is 5. The van der Waals surface area contributed by atoms with E-state index >= 15 is 0 Å². The summed E-state index contributed by atoms with van der Waals surface area (Å²) in [5, 5.41) is 21.8. The first-order valence-electron chi connectivity index (χ1n) is 5.23. The number of nitrogens with one attached hydrogen (secondary N) is 1. The molecule has 0 fully saturated rings. The average Bonchev–Trinajstić information content (AvgIpc) is 2.37. The van der Waals surface area contributed by atoms with Gasteiger partial charge in [-0.2, -0.15) is 0 Å². The highest BCUT2D eigenvalue weighted by Crippen LogP contribution is 2.28. The van der Waals surface area contributed by atoms with E-state index < -0.39 is 22.8 Å². The fourth-order valence-electron chi connectivity index (χ4n) is 1.32. The quantitative estimate of drug-likeness (QED) is 0.482. The number of amides is 1. The molecule has 0 unspecified atom stereocenters. The van der Waals surface area contributed by atoms with Crippen molar-refractivity contribution in [2.75, 3.05) is 6.26 Å². The van der Waals surface area contributed by atoms with Gasteiger partial charge in [-0.15, -0.1) is 11.8 Å². The molecule has 0 saturated carbocycles. The lowest BCUT2D eigenvalue weighted by molar-refractivity contribution is -0.387. The van der Waals surface area contributed by atoms with Crippen molar-refractivity contribution in [1.82, 2.24) is 5.32 Å². The van der Waals surface area contributed by atoms with Gasteiger partial charge in [-0.25, -0.2) is 0 Å². The fourth-order valence-corrected chi connectivity index (χ4v) is 1.86. The topological polar surface area (TPSA) is 110 Å². The number of aliphatic carboxylic acids is 1. The molecule has 1 amide bonds. The Kier molecular flexibility index (Phi) is 4.87. The molecule has 0 radical (unpaired) electrons.